The van der Waals surface area contributed by atoms with Gasteiger partial charge in [0.1, 0.15) is 11.7 Å². The second-order valence-electron chi connectivity index (χ2n) is 11.6. The van der Waals surface area contributed by atoms with Crippen molar-refractivity contribution in [2.45, 2.75) is 6.17 Å². The lowest BCUT2D eigenvalue weighted by atomic mass is 9.96. The van der Waals surface area contributed by atoms with Gasteiger partial charge in [0.15, 0.2) is 0 Å². The quantitative estimate of drug-likeness (QED) is 0.196. The molecule has 8 rings (SSSR count). The number of para-hydroxylation sites is 2. The van der Waals surface area contributed by atoms with Crippen LogP contribution in [0.5, 0.6) is 0 Å². The molecule has 0 saturated carbocycles. The number of nitriles is 2. The Balaban J connectivity index is 1.28. The van der Waals surface area contributed by atoms with Gasteiger partial charge in [0.25, 0.3) is 0 Å². The van der Waals surface area contributed by atoms with Gasteiger partial charge >= 0.3 is 0 Å². The largest absolute Gasteiger partial charge is 0.438 e. The van der Waals surface area contributed by atoms with Crippen molar-refractivity contribution < 1.29 is 4.42 Å². The molecular weight excluding hydrogens is 590 g/mol. The normalized spacial score (nSPS) is 13.5. The summed E-state index contributed by atoms with van der Waals surface area (Å²) in [5, 5.41) is 28.4. The van der Waals surface area contributed by atoms with Crippen LogP contribution in [-0.2, 0) is 0 Å². The van der Waals surface area contributed by atoms with Crippen molar-refractivity contribution in [1.82, 2.24) is 5.32 Å². The number of nitrogens with zero attached hydrogens (tertiary/aromatic N) is 3. The van der Waals surface area contributed by atoms with Crippen LogP contribution in [0.1, 0.15) is 28.4 Å². The molecule has 0 aliphatic carbocycles. The summed E-state index contributed by atoms with van der Waals surface area (Å²) in [4.78, 5) is 4.98. The van der Waals surface area contributed by atoms with Crippen LogP contribution in [0, 0.1) is 22.7 Å². The lowest BCUT2D eigenvalue weighted by Gasteiger charge is -2.21. The third-order valence-corrected chi connectivity index (χ3v) is 8.53. The number of nitrogens with one attached hydrogen (secondary N) is 2. The van der Waals surface area contributed by atoms with Crippen molar-refractivity contribution in [3.63, 3.8) is 0 Å². The van der Waals surface area contributed by atoms with E-state index < -0.39 is 6.17 Å². The molecule has 7 aromatic rings. The van der Waals surface area contributed by atoms with Gasteiger partial charge in [0, 0.05) is 27.9 Å². The number of rotatable bonds is 6. The van der Waals surface area contributed by atoms with E-state index in [-0.39, 0.29) is 0 Å². The zero-order valence-corrected chi connectivity index (χ0v) is 25.7. The minimum atomic E-state index is -0.411. The average molecular weight is 618 g/mol. The summed E-state index contributed by atoms with van der Waals surface area (Å²) in [5.74, 6) is 0. The topological polar surface area (TPSA) is 97.1 Å². The Morgan fingerprint density at radius 3 is 2.08 bits per heavy atom. The standard InChI is InChI=1S/C42H27N5O/c43-25-27-20-28(26-44)22-33(21-27)40-39-36-24-31(18-19-38(36)48-42(39)47-41(46-40)29-10-3-1-4-11-29)30-12-9-13-32(23-30)35-16-7-8-17-37(35)45-34-14-5-2-6-15-34/h1-24,41,45-46H. The first-order valence-electron chi connectivity index (χ1n) is 15.6. The Kier molecular flexibility index (Phi) is 7.22. The molecule has 0 bridgehead atoms. The fourth-order valence-corrected chi connectivity index (χ4v) is 6.26. The summed E-state index contributed by atoms with van der Waals surface area (Å²) >= 11 is 0. The molecule has 0 saturated heterocycles. The van der Waals surface area contributed by atoms with Crippen molar-refractivity contribution in [2.75, 3.05) is 5.32 Å². The first-order chi connectivity index (χ1) is 23.7. The second kappa shape index (κ2) is 12.1. The summed E-state index contributed by atoms with van der Waals surface area (Å²) in [6, 6.07) is 52.7. The summed E-state index contributed by atoms with van der Waals surface area (Å²) in [7, 11) is 0. The van der Waals surface area contributed by atoms with Crippen molar-refractivity contribution in [3.8, 4) is 34.4 Å². The first-order valence-corrected chi connectivity index (χ1v) is 15.6. The zero-order valence-electron chi connectivity index (χ0n) is 25.7. The van der Waals surface area contributed by atoms with E-state index in [1.54, 1.807) is 18.2 Å². The highest BCUT2D eigenvalue weighted by Crippen LogP contribution is 2.34. The van der Waals surface area contributed by atoms with Gasteiger partial charge in [-0.05, 0) is 76.9 Å². The fourth-order valence-electron chi connectivity index (χ4n) is 6.26. The number of anilines is 2. The van der Waals surface area contributed by atoms with Crippen molar-refractivity contribution in [2.24, 2.45) is 4.99 Å². The predicted octanol–water partition coefficient (Wildman–Crippen LogP) is 8.33. The maximum absolute atomic E-state index is 9.77. The van der Waals surface area contributed by atoms with Crippen LogP contribution >= 0.6 is 0 Å². The molecule has 6 aromatic carbocycles. The van der Waals surface area contributed by atoms with Gasteiger partial charge in [-0.2, -0.15) is 10.5 Å². The second-order valence-corrected chi connectivity index (χ2v) is 11.6. The van der Waals surface area contributed by atoms with Crippen molar-refractivity contribution in [3.05, 3.63) is 179 Å². The molecule has 0 fully saturated rings. The van der Waals surface area contributed by atoms with E-state index in [1.165, 1.54) is 0 Å². The van der Waals surface area contributed by atoms with Gasteiger partial charge in [-0.3, -0.25) is 0 Å². The number of hydrogen-bond acceptors (Lipinski definition) is 6. The molecule has 1 aromatic heterocycles. The highest BCUT2D eigenvalue weighted by Gasteiger charge is 2.22. The molecule has 1 aliphatic rings. The monoisotopic (exact) mass is 617 g/mol. The average Bonchev–Trinajstić information content (AvgIpc) is 3.53. The van der Waals surface area contributed by atoms with Crippen LogP contribution in [0.4, 0.5) is 11.4 Å². The Bertz CT molecular complexity index is 2510. The highest BCUT2D eigenvalue weighted by molar-refractivity contribution is 5.89. The molecule has 6 nitrogen and oxygen atoms in total. The smallest absolute Gasteiger partial charge is 0.227 e. The Labute approximate surface area is 277 Å². The molecule has 0 spiro atoms. The summed E-state index contributed by atoms with van der Waals surface area (Å²) in [6.45, 7) is 0. The maximum Gasteiger partial charge on any atom is 0.227 e. The molecule has 48 heavy (non-hydrogen) atoms. The number of fused-ring (bicyclic) bond motifs is 3. The van der Waals surface area contributed by atoms with Gasteiger partial charge in [-0.25, -0.2) is 4.99 Å². The first kappa shape index (κ1) is 28.6. The summed E-state index contributed by atoms with van der Waals surface area (Å²) < 4.78 is 6.40. The molecule has 1 aliphatic heterocycles. The number of hydrogen-bond donors (Lipinski definition) is 2. The predicted molar refractivity (Wildman–Crippen MR) is 188 cm³/mol. The molecule has 0 radical (unpaired) electrons. The van der Waals surface area contributed by atoms with Crippen LogP contribution in [0.15, 0.2) is 155 Å². The van der Waals surface area contributed by atoms with Gasteiger partial charge in [-0.15, -0.1) is 0 Å². The molecule has 6 heteroatoms. The minimum Gasteiger partial charge on any atom is -0.438 e. The third kappa shape index (κ3) is 5.34. The van der Waals surface area contributed by atoms with Crippen LogP contribution in [0.2, 0.25) is 0 Å². The zero-order chi connectivity index (χ0) is 32.5. The molecule has 1 unspecified atom stereocenters. The van der Waals surface area contributed by atoms with Crippen LogP contribution in [0.3, 0.4) is 0 Å². The number of benzene rings is 6. The van der Waals surface area contributed by atoms with Gasteiger partial charge < -0.3 is 15.1 Å². The van der Waals surface area contributed by atoms with E-state index >= 15 is 0 Å². The molecular formula is C42H27N5O. The molecule has 226 valence electrons. The lowest BCUT2D eigenvalue weighted by Crippen LogP contribution is -2.38. The summed E-state index contributed by atoms with van der Waals surface area (Å²) in [6.07, 6.45) is -0.411. The summed E-state index contributed by atoms with van der Waals surface area (Å²) in [5.41, 5.74) is 10.8. The molecule has 2 N–H and O–H groups in total. The SMILES string of the molecule is N#Cc1cc(C#N)cc(C2=c3c(oc4ccc(-c5cccc(-c6ccccc6Nc6ccccc6)c5)cc34)=NC(c3ccccc3)N2)c1. The fraction of sp³-hybridized carbons (Fsp3) is 0.0238. The van der Waals surface area contributed by atoms with Crippen LogP contribution < -0.4 is 21.4 Å². The Hall–Kier alpha value is -6.89. The minimum absolute atomic E-state index is 0.408. The van der Waals surface area contributed by atoms with E-state index in [1.807, 2.05) is 60.7 Å². The van der Waals surface area contributed by atoms with Crippen LogP contribution in [-0.4, -0.2) is 0 Å². The Morgan fingerprint density at radius 2 is 1.31 bits per heavy atom. The number of furan rings is 1. The molecule has 1 atom stereocenters. The van der Waals surface area contributed by atoms with Gasteiger partial charge in [-0.1, -0.05) is 91.0 Å². The molecule has 0 amide bonds. The highest BCUT2D eigenvalue weighted by atomic mass is 16.3. The molecule has 2 heterocycles. The third-order valence-electron chi connectivity index (χ3n) is 8.53. The van der Waals surface area contributed by atoms with E-state index in [9.17, 15) is 10.5 Å². The van der Waals surface area contributed by atoms with Crippen LogP contribution in [0.25, 0.3) is 38.9 Å². The van der Waals surface area contributed by atoms with Gasteiger partial charge in [0.05, 0.1) is 34.2 Å². The van der Waals surface area contributed by atoms with E-state index in [0.29, 0.717) is 22.3 Å². The Morgan fingerprint density at radius 1 is 0.625 bits per heavy atom. The van der Waals surface area contributed by atoms with E-state index in [0.717, 1.165) is 61.1 Å². The van der Waals surface area contributed by atoms with E-state index in [4.69, 9.17) is 9.41 Å². The van der Waals surface area contributed by atoms with Gasteiger partial charge in [0.2, 0.25) is 5.55 Å². The van der Waals surface area contributed by atoms with E-state index in [2.05, 4.69) is 89.5 Å². The maximum atomic E-state index is 9.77. The van der Waals surface area contributed by atoms with Crippen molar-refractivity contribution in [1.29, 1.82) is 10.5 Å². The lowest BCUT2D eigenvalue weighted by molar-refractivity contribution is 0.502. The van der Waals surface area contributed by atoms with Crippen molar-refractivity contribution >= 4 is 28.0 Å².